The highest BCUT2D eigenvalue weighted by Gasteiger charge is 2.20. The molecule has 1 aliphatic rings. The van der Waals surface area contributed by atoms with E-state index in [-0.39, 0.29) is 0 Å². The second kappa shape index (κ2) is 6.24. The number of hydrogen-bond acceptors (Lipinski definition) is 1. The van der Waals surface area contributed by atoms with Crippen LogP contribution in [0, 0.1) is 26.2 Å². The molecule has 24 heavy (non-hydrogen) atoms. The summed E-state index contributed by atoms with van der Waals surface area (Å²) in [4.78, 5) is 0. The van der Waals surface area contributed by atoms with Gasteiger partial charge in [-0.05, 0) is 85.6 Å². The van der Waals surface area contributed by atoms with E-state index in [0.29, 0.717) is 0 Å². The first-order valence-corrected chi connectivity index (χ1v) is 8.53. The van der Waals surface area contributed by atoms with Crippen molar-refractivity contribution < 1.29 is 0 Å². The number of hydrogen-bond donors (Lipinski definition) is 1. The Morgan fingerprint density at radius 1 is 0.875 bits per heavy atom. The van der Waals surface area contributed by atoms with Crippen LogP contribution >= 0.6 is 0 Å². The highest BCUT2D eigenvalue weighted by molar-refractivity contribution is 5.96. The fourth-order valence-electron chi connectivity index (χ4n) is 3.59. The fourth-order valence-corrected chi connectivity index (χ4v) is 3.59. The monoisotopic (exact) mass is 315 g/mol. The maximum absolute atomic E-state index is 7.89. The molecule has 0 atom stereocenters. The Bertz CT molecular complexity index is 894. The van der Waals surface area contributed by atoms with Crippen LogP contribution in [0.25, 0.3) is 16.7 Å². The number of benzene rings is 2. The summed E-state index contributed by atoms with van der Waals surface area (Å²) in [6.07, 6.45) is 4.74. The topological polar surface area (TPSA) is 23.9 Å². The first-order valence-electron chi connectivity index (χ1n) is 8.53. The Hall–Kier alpha value is -2.41. The average Bonchev–Trinajstić information content (AvgIpc) is 2.91. The second-order valence-corrected chi connectivity index (χ2v) is 6.79. The van der Waals surface area contributed by atoms with Crippen LogP contribution in [0.5, 0.6) is 0 Å². The van der Waals surface area contributed by atoms with Gasteiger partial charge in [-0.3, -0.25) is 0 Å². The Kier molecular flexibility index (Phi) is 4.28. The van der Waals surface area contributed by atoms with Crippen molar-refractivity contribution in [2.75, 3.05) is 0 Å². The van der Waals surface area contributed by atoms with E-state index in [2.05, 4.69) is 71.0 Å². The van der Waals surface area contributed by atoms with Gasteiger partial charge in [-0.2, -0.15) is 0 Å². The molecule has 2 aromatic carbocycles. The van der Waals surface area contributed by atoms with Crippen molar-refractivity contribution >= 4 is 11.8 Å². The molecule has 1 nitrogen and oxygen atoms in total. The third-order valence-corrected chi connectivity index (χ3v) is 5.56. The van der Waals surface area contributed by atoms with Crippen molar-refractivity contribution in [2.24, 2.45) is 0 Å². The first kappa shape index (κ1) is 16.4. The molecule has 0 heterocycles. The zero-order valence-corrected chi connectivity index (χ0v) is 15.2. The second-order valence-electron chi connectivity index (χ2n) is 6.79. The molecule has 1 heteroatoms. The van der Waals surface area contributed by atoms with Gasteiger partial charge >= 0.3 is 0 Å². The van der Waals surface area contributed by atoms with Crippen LogP contribution in [0.1, 0.15) is 48.1 Å². The van der Waals surface area contributed by atoms with E-state index in [1.54, 1.807) is 0 Å². The predicted octanol–water partition coefficient (Wildman–Crippen LogP) is 6.40. The molecule has 122 valence electrons. The quantitative estimate of drug-likeness (QED) is 0.634. The van der Waals surface area contributed by atoms with Crippen molar-refractivity contribution in [1.82, 2.24) is 0 Å². The summed E-state index contributed by atoms with van der Waals surface area (Å²) in [6, 6.07) is 10.8. The van der Waals surface area contributed by atoms with Gasteiger partial charge in [-0.1, -0.05) is 42.0 Å². The Morgan fingerprint density at radius 3 is 2.25 bits per heavy atom. The van der Waals surface area contributed by atoms with Gasteiger partial charge in [-0.25, -0.2) is 0 Å². The summed E-state index contributed by atoms with van der Waals surface area (Å²) < 4.78 is 0. The SMILES string of the molecule is CC1=CCC(c2c(C=N)cccc2-c2ccc(C)c(C)c2C)=C1C. The highest BCUT2D eigenvalue weighted by atomic mass is 14.3. The first-order chi connectivity index (χ1) is 11.5. The van der Waals surface area contributed by atoms with Crippen molar-refractivity contribution in [3.63, 3.8) is 0 Å². The summed E-state index contributed by atoms with van der Waals surface area (Å²) in [7, 11) is 0. The Labute approximate surface area is 145 Å². The number of rotatable bonds is 3. The Balaban J connectivity index is 2.32. The van der Waals surface area contributed by atoms with Crippen LogP contribution in [-0.2, 0) is 0 Å². The maximum Gasteiger partial charge on any atom is 0.0256 e. The van der Waals surface area contributed by atoms with Crippen LogP contribution in [0.4, 0.5) is 0 Å². The summed E-state index contributed by atoms with van der Waals surface area (Å²) in [5.41, 5.74) is 12.8. The number of aryl methyl sites for hydroxylation is 1. The van der Waals surface area contributed by atoms with Gasteiger partial charge in [0, 0.05) is 11.8 Å². The zero-order chi connectivity index (χ0) is 17.4. The van der Waals surface area contributed by atoms with Crippen LogP contribution in [0.2, 0.25) is 0 Å². The third kappa shape index (κ3) is 2.54. The summed E-state index contributed by atoms with van der Waals surface area (Å²) >= 11 is 0. The standard InChI is InChI=1S/C23H25N/c1-14-9-11-20(18(5)16(14)3)22-8-6-7-19(13-24)23(22)21-12-10-15(2)17(21)4/h6-11,13,24H,12H2,1-5H3. The van der Waals surface area contributed by atoms with Crippen LogP contribution in [0.15, 0.2) is 47.6 Å². The number of allylic oxidation sites excluding steroid dienone is 4. The molecule has 0 fully saturated rings. The molecule has 0 saturated heterocycles. The molecule has 1 N–H and O–H groups in total. The highest BCUT2D eigenvalue weighted by Crippen LogP contribution is 2.41. The molecular weight excluding hydrogens is 290 g/mol. The molecule has 0 saturated carbocycles. The van der Waals surface area contributed by atoms with Gasteiger partial charge in [0.1, 0.15) is 0 Å². The Morgan fingerprint density at radius 2 is 1.62 bits per heavy atom. The van der Waals surface area contributed by atoms with Crippen molar-refractivity contribution in [3.8, 4) is 11.1 Å². The molecule has 0 unspecified atom stereocenters. The fraction of sp³-hybridized carbons (Fsp3) is 0.261. The lowest BCUT2D eigenvalue weighted by Gasteiger charge is -2.19. The van der Waals surface area contributed by atoms with Crippen molar-refractivity contribution in [1.29, 1.82) is 5.41 Å². The van der Waals surface area contributed by atoms with E-state index in [1.807, 2.05) is 0 Å². The number of nitrogens with one attached hydrogen (secondary N) is 1. The lowest BCUT2D eigenvalue weighted by Crippen LogP contribution is -1.99. The molecule has 0 bridgehead atoms. The summed E-state index contributed by atoms with van der Waals surface area (Å²) in [5, 5.41) is 7.89. The van der Waals surface area contributed by atoms with E-state index in [9.17, 15) is 0 Å². The summed E-state index contributed by atoms with van der Waals surface area (Å²) in [6.45, 7) is 10.9. The molecule has 0 spiro atoms. The molecule has 1 aliphatic carbocycles. The molecule has 0 aliphatic heterocycles. The molecule has 2 aromatic rings. The van der Waals surface area contributed by atoms with Gasteiger partial charge in [0.05, 0.1) is 0 Å². The van der Waals surface area contributed by atoms with E-state index < -0.39 is 0 Å². The molecule has 0 aromatic heterocycles. The predicted molar refractivity (Wildman–Crippen MR) is 105 cm³/mol. The molecule has 0 radical (unpaired) electrons. The minimum atomic E-state index is 0.958. The molecule has 0 amide bonds. The normalized spacial score (nSPS) is 14.1. The van der Waals surface area contributed by atoms with Crippen LogP contribution < -0.4 is 0 Å². The van der Waals surface area contributed by atoms with Gasteiger partial charge in [0.25, 0.3) is 0 Å². The van der Waals surface area contributed by atoms with E-state index in [4.69, 9.17) is 5.41 Å². The van der Waals surface area contributed by atoms with Gasteiger partial charge < -0.3 is 5.41 Å². The minimum Gasteiger partial charge on any atom is -0.308 e. The van der Waals surface area contributed by atoms with E-state index >= 15 is 0 Å². The smallest absolute Gasteiger partial charge is 0.0256 e. The minimum absolute atomic E-state index is 0.958. The lowest BCUT2D eigenvalue weighted by atomic mass is 9.85. The molecular formula is C23H25N. The maximum atomic E-state index is 7.89. The average molecular weight is 315 g/mol. The van der Waals surface area contributed by atoms with E-state index in [1.165, 1.54) is 56.3 Å². The van der Waals surface area contributed by atoms with Crippen molar-refractivity contribution in [3.05, 3.63) is 75.4 Å². The summed E-state index contributed by atoms with van der Waals surface area (Å²) in [5.74, 6) is 0. The van der Waals surface area contributed by atoms with Crippen LogP contribution in [-0.4, -0.2) is 6.21 Å². The largest absolute Gasteiger partial charge is 0.308 e. The van der Waals surface area contributed by atoms with Crippen molar-refractivity contribution in [2.45, 2.75) is 41.0 Å². The zero-order valence-electron chi connectivity index (χ0n) is 15.2. The van der Waals surface area contributed by atoms with E-state index in [0.717, 1.165) is 12.0 Å². The van der Waals surface area contributed by atoms with Crippen LogP contribution in [0.3, 0.4) is 0 Å². The lowest BCUT2D eigenvalue weighted by molar-refractivity contribution is 1.26. The van der Waals surface area contributed by atoms with Gasteiger partial charge in [-0.15, -0.1) is 0 Å². The van der Waals surface area contributed by atoms with Gasteiger partial charge in [0.15, 0.2) is 0 Å². The third-order valence-electron chi connectivity index (χ3n) is 5.56. The molecule has 3 rings (SSSR count). The van der Waals surface area contributed by atoms with Gasteiger partial charge in [0.2, 0.25) is 0 Å².